The van der Waals surface area contributed by atoms with Gasteiger partial charge in [0, 0.05) is 31.2 Å². The van der Waals surface area contributed by atoms with E-state index in [2.05, 4.69) is 11.8 Å². The highest BCUT2D eigenvalue weighted by molar-refractivity contribution is 5.31. The first-order valence-electron chi connectivity index (χ1n) is 5.41. The maximum Gasteiger partial charge on any atom is 0.120 e. The van der Waals surface area contributed by atoms with Crippen LogP contribution in [0.15, 0.2) is 24.3 Å². The molecule has 1 fully saturated rings. The molecule has 1 aromatic rings. The van der Waals surface area contributed by atoms with Crippen molar-refractivity contribution >= 4 is 0 Å². The van der Waals surface area contributed by atoms with E-state index in [1.807, 2.05) is 18.2 Å². The SMILES string of the molecule is CC1CN(Cc2ccccc2O)CC1N. The number of phenolic OH excluding ortho intramolecular Hbond substituents is 1. The highest BCUT2D eigenvalue weighted by atomic mass is 16.3. The van der Waals surface area contributed by atoms with Gasteiger partial charge >= 0.3 is 0 Å². The Morgan fingerprint density at radius 2 is 2.13 bits per heavy atom. The third kappa shape index (κ3) is 2.30. The molecule has 1 saturated heterocycles. The van der Waals surface area contributed by atoms with Gasteiger partial charge in [-0.25, -0.2) is 0 Å². The molecule has 2 unspecified atom stereocenters. The van der Waals surface area contributed by atoms with Crippen molar-refractivity contribution < 1.29 is 5.11 Å². The van der Waals surface area contributed by atoms with Crippen LogP contribution < -0.4 is 5.73 Å². The summed E-state index contributed by atoms with van der Waals surface area (Å²) in [5.41, 5.74) is 6.94. The van der Waals surface area contributed by atoms with Crippen molar-refractivity contribution in [3.63, 3.8) is 0 Å². The van der Waals surface area contributed by atoms with E-state index in [0.29, 0.717) is 11.7 Å². The van der Waals surface area contributed by atoms with E-state index in [9.17, 15) is 5.11 Å². The maximum absolute atomic E-state index is 9.64. The zero-order valence-corrected chi connectivity index (χ0v) is 9.06. The molecule has 3 N–H and O–H groups in total. The van der Waals surface area contributed by atoms with E-state index in [1.54, 1.807) is 6.07 Å². The molecule has 0 aliphatic carbocycles. The lowest BCUT2D eigenvalue weighted by molar-refractivity contribution is 0.312. The summed E-state index contributed by atoms with van der Waals surface area (Å²) < 4.78 is 0. The minimum absolute atomic E-state index is 0.274. The van der Waals surface area contributed by atoms with Crippen molar-refractivity contribution in [2.45, 2.75) is 19.5 Å². The molecule has 82 valence electrons. The largest absolute Gasteiger partial charge is 0.508 e. The topological polar surface area (TPSA) is 49.5 Å². The predicted molar refractivity (Wildman–Crippen MR) is 60.5 cm³/mol. The summed E-state index contributed by atoms with van der Waals surface area (Å²) in [4.78, 5) is 2.30. The molecule has 0 aromatic heterocycles. The molecule has 2 atom stereocenters. The zero-order valence-electron chi connectivity index (χ0n) is 9.06. The van der Waals surface area contributed by atoms with Crippen LogP contribution in [-0.2, 0) is 6.54 Å². The van der Waals surface area contributed by atoms with Gasteiger partial charge in [0.05, 0.1) is 0 Å². The smallest absolute Gasteiger partial charge is 0.120 e. The molecular formula is C12H18N2O. The molecule has 1 aliphatic heterocycles. The van der Waals surface area contributed by atoms with Crippen molar-refractivity contribution in [2.75, 3.05) is 13.1 Å². The van der Waals surface area contributed by atoms with Gasteiger partial charge in [0.1, 0.15) is 5.75 Å². The molecule has 3 nitrogen and oxygen atoms in total. The maximum atomic E-state index is 9.64. The molecule has 1 heterocycles. The zero-order chi connectivity index (χ0) is 10.8. The number of phenols is 1. The Hall–Kier alpha value is -1.06. The van der Waals surface area contributed by atoms with E-state index < -0.39 is 0 Å². The average Bonchev–Trinajstić information content (AvgIpc) is 2.50. The Kier molecular flexibility index (Phi) is 2.93. The van der Waals surface area contributed by atoms with Crippen LogP contribution in [0.3, 0.4) is 0 Å². The summed E-state index contributed by atoms with van der Waals surface area (Å²) in [6, 6.07) is 7.76. The lowest BCUT2D eigenvalue weighted by Crippen LogP contribution is -2.28. The normalized spacial score (nSPS) is 27.1. The summed E-state index contributed by atoms with van der Waals surface area (Å²) in [6.07, 6.45) is 0. The molecule has 0 saturated carbocycles. The Morgan fingerprint density at radius 1 is 1.40 bits per heavy atom. The molecule has 0 bridgehead atoms. The van der Waals surface area contributed by atoms with Crippen molar-refractivity contribution in [1.29, 1.82) is 0 Å². The van der Waals surface area contributed by atoms with Crippen molar-refractivity contribution in [3.8, 4) is 5.75 Å². The second kappa shape index (κ2) is 4.21. The Bertz CT molecular complexity index is 330. The second-order valence-electron chi connectivity index (χ2n) is 4.46. The van der Waals surface area contributed by atoms with Crippen molar-refractivity contribution in [1.82, 2.24) is 4.90 Å². The molecule has 1 aliphatic rings. The molecule has 2 rings (SSSR count). The van der Waals surface area contributed by atoms with Crippen molar-refractivity contribution in [3.05, 3.63) is 29.8 Å². The number of nitrogens with zero attached hydrogens (tertiary/aromatic N) is 1. The van der Waals surface area contributed by atoms with Gasteiger partial charge in [-0.15, -0.1) is 0 Å². The molecule has 0 spiro atoms. The summed E-state index contributed by atoms with van der Waals surface area (Å²) in [7, 11) is 0. The van der Waals surface area contributed by atoms with E-state index in [-0.39, 0.29) is 6.04 Å². The number of aromatic hydroxyl groups is 1. The van der Waals surface area contributed by atoms with Crippen LogP contribution in [0.25, 0.3) is 0 Å². The van der Waals surface area contributed by atoms with Gasteiger partial charge in [0.25, 0.3) is 0 Å². The van der Waals surface area contributed by atoms with Crippen LogP contribution in [0.1, 0.15) is 12.5 Å². The highest BCUT2D eigenvalue weighted by Crippen LogP contribution is 2.22. The minimum atomic E-state index is 0.274. The summed E-state index contributed by atoms with van der Waals surface area (Å²) >= 11 is 0. The number of hydrogen-bond donors (Lipinski definition) is 2. The summed E-state index contributed by atoms with van der Waals surface area (Å²) in [6.45, 7) is 4.92. The van der Waals surface area contributed by atoms with Crippen LogP contribution in [0, 0.1) is 5.92 Å². The second-order valence-corrected chi connectivity index (χ2v) is 4.46. The quantitative estimate of drug-likeness (QED) is 0.763. The standard InChI is InChI=1S/C12H18N2O/c1-9-6-14(8-11(9)13)7-10-4-2-3-5-12(10)15/h2-5,9,11,15H,6-8,13H2,1H3. The number of para-hydroxylation sites is 1. The first-order chi connectivity index (χ1) is 7.16. The third-order valence-corrected chi connectivity index (χ3v) is 3.13. The van der Waals surface area contributed by atoms with Crippen LogP contribution in [0.4, 0.5) is 0 Å². The monoisotopic (exact) mass is 206 g/mol. The van der Waals surface area contributed by atoms with Crippen LogP contribution in [0.5, 0.6) is 5.75 Å². The molecule has 0 amide bonds. The predicted octanol–water partition coefficient (Wildman–Crippen LogP) is 1.17. The fraction of sp³-hybridized carbons (Fsp3) is 0.500. The third-order valence-electron chi connectivity index (χ3n) is 3.13. The Morgan fingerprint density at radius 3 is 2.73 bits per heavy atom. The van der Waals surface area contributed by atoms with E-state index in [1.165, 1.54) is 0 Å². The number of rotatable bonds is 2. The first kappa shape index (κ1) is 10.5. The fourth-order valence-electron chi connectivity index (χ4n) is 2.11. The van der Waals surface area contributed by atoms with Crippen molar-refractivity contribution in [2.24, 2.45) is 11.7 Å². The average molecular weight is 206 g/mol. The molecule has 1 aromatic carbocycles. The van der Waals surface area contributed by atoms with E-state index >= 15 is 0 Å². The molecule has 0 radical (unpaired) electrons. The number of benzene rings is 1. The van der Waals surface area contributed by atoms with Crippen LogP contribution in [-0.4, -0.2) is 29.1 Å². The summed E-state index contributed by atoms with van der Waals surface area (Å²) in [5.74, 6) is 0.932. The van der Waals surface area contributed by atoms with Gasteiger partial charge in [0.15, 0.2) is 0 Å². The van der Waals surface area contributed by atoms with E-state index in [4.69, 9.17) is 5.73 Å². The molecule has 3 heteroatoms. The van der Waals surface area contributed by atoms with E-state index in [0.717, 1.165) is 25.2 Å². The van der Waals surface area contributed by atoms with Gasteiger partial charge in [-0.2, -0.15) is 0 Å². The number of hydrogen-bond acceptors (Lipinski definition) is 3. The van der Waals surface area contributed by atoms with Crippen LogP contribution in [0.2, 0.25) is 0 Å². The minimum Gasteiger partial charge on any atom is -0.508 e. The highest BCUT2D eigenvalue weighted by Gasteiger charge is 2.26. The van der Waals surface area contributed by atoms with Gasteiger partial charge in [-0.05, 0) is 12.0 Å². The lowest BCUT2D eigenvalue weighted by atomic mass is 10.1. The lowest BCUT2D eigenvalue weighted by Gasteiger charge is -2.15. The number of likely N-dealkylation sites (tertiary alicyclic amines) is 1. The Balaban J connectivity index is 2.01. The van der Waals surface area contributed by atoms with Gasteiger partial charge in [0.2, 0.25) is 0 Å². The van der Waals surface area contributed by atoms with Gasteiger partial charge in [-0.3, -0.25) is 4.90 Å². The van der Waals surface area contributed by atoms with Gasteiger partial charge in [-0.1, -0.05) is 25.1 Å². The fourth-order valence-corrected chi connectivity index (χ4v) is 2.11. The molecule has 15 heavy (non-hydrogen) atoms. The Labute approximate surface area is 90.5 Å². The van der Waals surface area contributed by atoms with Gasteiger partial charge < -0.3 is 10.8 Å². The van der Waals surface area contributed by atoms with Crippen LogP contribution >= 0.6 is 0 Å². The first-order valence-corrected chi connectivity index (χ1v) is 5.41. The summed E-state index contributed by atoms with van der Waals surface area (Å²) in [5, 5.41) is 9.64. The number of nitrogens with two attached hydrogens (primary N) is 1. The molecular weight excluding hydrogens is 188 g/mol.